The maximum Gasteiger partial charge on any atom is 0.268 e. The molecular weight excluding hydrogens is 239 g/mol. The summed E-state index contributed by atoms with van der Waals surface area (Å²) in [5, 5.41) is 3.59. The molecule has 0 atom stereocenters. The fourth-order valence-electron chi connectivity index (χ4n) is 2.23. The first-order valence-corrected chi connectivity index (χ1v) is 6.29. The van der Waals surface area contributed by atoms with E-state index in [1.807, 2.05) is 0 Å². The van der Waals surface area contributed by atoms with E-state index in [4.69, 9.17) is 7.85 Å². The number of carbonyl (C=O) groups excluding carboxylic acids is 2. The number of nitrogens with one attached hydrogen (secondary N) is 2. The predicted octanol–water partition coefficient (Wildman–Crippen LogP) is 1.06. The lowest BCUT2D eigenvalue weighted by Crippen LogP contribution is -2.27. The second-order valence-corrected chi connectivity index (χ2v) is 4.98. The summed E-state index contributed by atoms with van der Waals surface area (Å²) in [5.74, 6) is -0.361. The third-order valence-electron chi connectivity index (χ3n) is 3.31. The quantitative estimate of drug-likeness (QED) is 0.633. The van der Waals surface area contributed by atoms with E-state index >= 15 is 0 Å². The second kappa shape index (κ2) is 4.26. The van der Waals surface area contributed by atoms with Crippen molar-refractivity contribution in [3.05, 3.63) is 29.5 Å². The van der Waals surface area contributed by atoms with Gasteiger partial charge in [0.2, 0.25) is 0 Å². The topological polar surface area (TPSA) is 62.0 Å². The number of Topliss-reactive ketones (excluding diaryl/α,β-unsaturated/α-hetero) is 1. The Hall–Kier alpha value is -2.04. The Bertz CT molecular complexity index is 686. The van der Waals surface area contributed by atoms with Crippen LogP contribution in [0.15, 0.2) is 18.2 Å². The highest BCUT2D eigenvalue weighted by molar-refractivity contribution is 6.33. The van der Waals surface area contributed by atoms with E-state index < -0.39 is 0 Å². The molecule has 3 rings (SSSR count). The molecule has 5 heteroatoms. The van der Waals surface area contributed by atoms with Gasteiger partial charge in [0.15, 0.2) is 5.78 Å². The molecule has 0 unspecified atom stereocenters. The zero-order chi connectivity index (χ0) is 13.6. The summed E-state index contributed by atoms with van der Waals surface area (Å²) in [6, 6.07) is 5.50. The molecule has 94 valence electrons. The van der Waals surface area contributed by atoms with Crippen LogP contribution in [0, 0.1) is 0 Å². The van der Waals surface area contributed by atoms with Crippen molar-refractivity contribution >= 4 is 35.9 Å². The molecular formula is C14H13BN2O2. The van der Waals surface area contributed by atoms with E-state index in [0.29, 0.717) is 22.1 Å². The molecule has 1 heterocycles. The van der Waals surface area contributed by atoms with Crippen molar-refractivity contribution in [3.8, 4) is 0 Å². The number of aromatic amines is 1. The third-order valence-corrected chi connectivity index (χ3v) is 3.31. The molecule has 1 saturated carbocycles. The number of ketones is 1. The molecule has 1 aromatic heterocycles. The molecule has 1 aromatic carbocycles. The minimum Gasteiger partial charge on any atom is -0.350 e. The predicted molar refractivity (Wildman–Crippen MR) is 74.2 cm³/mol. The van der Waals surface area contributed by atoms with E-state index in [0.717, 1.165) is 18.4 Å². The van der Waals surface area contributed by atoms with Gasteiger partial charge in [-0.2, -0.15) is 0 Å². The first kappa shape index (κ1) is 12.0. The van der Waals surface area contributed by atoms with Crippen LogP contribution in [0.25, 0.3) is 10.9 Å². The van der Waals surface area contributed by atoms with Gasteiger partial charge < -0.3 is 10.3 Å². The molecule has 1 aliphatic carbocycles. The van der Waals surface area contributed by atoms with Crippen LogP contribution in [0.2, 0.25) is 0 Å². The van der Waals surface area contributed by atoms with E-state index in [-0.39, 0.29) is 17.7 Å². The molecule has 1 amide bonds. The minimum atomic E-state index is -0.220. The maximum atomic E-state index is 12.1. The Labute approximate surface area is 112 Å². The van der Waals surface area contributed by atoms with E-state index in [2.05, 4.69) is 10.3 Å². The van der Waals surface area contributed by atoms with Crippen LogP contribution in [-0.2, 0) is 0 Å². The van der Waals surface area contributed by atoms with Crippen LogP contribution in [0.3, 0.4) is 0 Å². The van der Waals surface area contributed by atoms with E-state index in [1.54, 1.807) is 18.2 Å². The highest BCUT2D eigenvalue weighted by Gasteiger charge is 2.27. The fourth-order valence-corrected chi connectivity index (χ4v) is 2.23. The van der Waals surface area contributed by atoms with Gasteiger partial charge in [-0.25, -0.2) is 0 Å². The summed E-state index contributed by atoms with van der Waals surface area (Å²) in [6.45, 7) is 1.46. The summed E-state index contributed by atoms with van der Waals surface area (Å²) in [6.07, 6.45) is 2.02. The lowest BCUT2D eigenvalue weighted by molar-refractivity contribution is 0.0933. The van der Waals surface area contributed by atoms with Crippen molar-refractivity contribution in [3.63, 3.8) is 0 Å². The molecule has 4 nitrogen and oxygen atoms in total. The molecule has 1 fully saturated rings. The van der Waals surface area contributed by atoms with Crippen LogP contribution >= 0.6 is 0 Å². The zero-order valence-corrected chi connectivity index (χ0v) is 10.6. The summed E-state index contributed by atoms with van der Waals surface area (Å²) in [7, 11) is 5.74. The van der Waals surface area contributed by atoms with Crippen molar-refractivity contribution in [2.75, 3.05) is 0 Å². The summed E-state index contributed by atoms with van der Waals surface area (Å²) in [5.41, 5.74) is 2.07. The average Bonchev–Trinajstić information content (AvgIpc) is 3.06. The summed E-state index contributed by atoms with van der Waals surface area (Å²) in [4.78, 5) is 27.0. The van der Waals surface area contributed by atoms with Crippen LogP contribution in [-0.4, -0.2) is 30.6 Å². The SMILES string of the molecule is [B]c1ccc2[nH]c(C(=O)NC3CC3)c(C(C)=O)c2c1. The Balaban J connectivity index is 2.14. The molecule has 1 aliphatic rings. The van der Waals surface area contributed by atoms with Crippen LogP contribution in [0.1, 0.15) is 40.6 Å². The van der Waals surface area contributed by atoms with Crippen molar-refractivity contribution < 1.29 is 9.59 Å². The Morgan fingerprint density at radius 2 is 2.11 bits per heavy atom. The fraction of sp³-hybridized carbons (Fsp3) is 0.286. The van der Waals surface area contributed by atoms with E-state index in [1.165, 1.54) is 6.92 Å². The lowest BCUT2D eigenvalue weighted by Gasteiger charge is -2.03. The van der Waals surface area contributed by atoms with Gasteiger partial charge in [-0.05, 0) is 25.8 Å². The van der Waals surface area contributed by atoms with E-state index in [9.17, 15) is 9.59 Å². The van der Waals surface area contributed by atoms with Gasteiger partial charge in [0.05, 0.1) is 5.56 Å². The highest BCUT2D eigenvalue weighted by atomic mass is 16.2. The number of rotatable bonds is 3. The molecule has 0 aliphatic heterocycles. The van der Waals surface area contributed by atoms with Gasteiger partial charge in [-0.1, -0.05) is 17.6 Å². The van der Waals surface area contributed by atoms with Crippen molar-refractivity contribution in [2.45, 2.75) is 25.8 Å². The highest BCUT2D eigenvalue weighted by Crippen LogP contribution is 2.24. The Morgan fingerprint density at radius 1 is 1.37 bits per heavy atom. The molecule has 2 radical (unpaired) electrons. The van der Waals surface area contributed by atoms with Crippen LogP contribution in [0.4, 0.5) is 0 Å². The number of carbonyl (C=O) groups is 2. The smallest absolute Gasteiger partial charge is 0.268 e. The van der Waals surface area contributed by atoms with Gasteiger partial charge in [0.1, 0.15) is 13.5 Å². The molecule has 0 spiro atoms. The minimum absolute atomic E-state index is 0.141. The third kappa shape index (κ3) is 2.16. The first-order valence-electron chi connectivity index (χ1n) is 6.29. The number of aromatic nitrogens is 1. The summed E-state index contributed by atoms with van der Waals surface area (Å²) < 4.78 is 0. The number of H-pyrrole nitrogens is 1. The van der Waals surface area contributed by atoms with Crippen molar-refractivity contribution in [2.24, 2.45) is 0 Å². The standard InChI is InChI=1S/C14H13BN2O2/c1-7(18)12-10-6-8(15)2-5-11(10)17-13(12)14(19)16-9-3-4-9/h2,5-6,9,17H,3-4H2,1H3,(H,16,19). The number of hydrogen-bond acceptors (Lipinski definition) is 2. The monoisotopic (exact) mass is 252 g/mol. The van der Waals surface area contributed by atoms with Gasteiger partial charge >= 0.3 is 0 Å². The molecule has 19 heavy (non-hydrogen) atoms. The second-order valence-electron chi connectivity index (χ2n) is 4.98. The molecule has 2 N–H and O–H groups in total. The molecule has 0 bridgehead atoms. The normalized spacial score (nSPS) is 14.6. The van der Waals surface area contributed by atoms with Gasteiger partial charge in [-0.3, -0.25) is 9.59 Å². The van der Waals surface area contributed by atoms with Crippen molar-refractivity contribution in [1.82, 2.24) is 10.3 Å². The Kier molecular flexibility index (Phi) is 2.70. The Morgan fingerprint density at radius 3 is 2.74 bits per heavy atom. The number of benzene rings is 1. The van der Waals surface area contributed by atoms with Gasteiger partial charge in [-0.15, -0.1) is 0 Å². The van der Waals surface area contributed by atoms with Crippen molar-refractivity contribution in [1.29, 1.82) is 0 Å². The lowest BCUT2D eigenvalue weighted by atomic mass is 9.93. The molecule has 2 aromatic rings. The van der Waals surface area contributed by atoms with Gasteiger partial charge in [0.25, 0.3) is 5.91 Å². The summed E-state index contributed by atoms with van der Waals surface area (Å²) >= 11 is 0. The van der Waals surface area contributed by atoms with Crippen LogP contribution in [0.5, 0.6) is 0 Å². The number of amides is 1. The number of fused-ring (bicyclic) bond motifs is 1. The first-order chi connectivity index (χ1) is 9.06. The largest absolute Gasteiger partial charge is 0.350 e. The number of hydrogen-bond donors (Lipinski definition) is 2. The van der Waals surface area contributed by atoms with Gasteiger partial charge in [0, 0.05) is 16.9 Å². The van der Waals surface area contributed by atoms with Crippen LogP contribution < -0.4 is 10.8 Å². The molecule has 0 saturated heterocycles. The zero-order valence-electron chi connectivity index (χ0n) is 10.6. The average molecular weight is 252 g/mol. The maximum absolute atomic E-state index is 12.1.